The Morgan fingerprint density at radius 3 is 3.00 bits per heavy atom. The van der Waals surface area contributed by atoms with Crippen LogP contribution in [0.5, 0.6) is 0 Å². The zero-order valence-electron chi connectivity index (χ0n) is 12.3. The van der Waals surface area contributed by atoms with Crippen molar-refractivity contribution in [3.05, 3.63) is 26.6 Å². The van der Waals surface area contributed by atoms with Crippen molar-refractivity contribution in [2.24, 2.45) is 0 Å². The van der Waals surface area contributed by atoms with Crippen LogP contribution in [0.4, 0.5) is 0 Å². The molecule has 3 rings (SSSR count). The number of H-pyrrole nitrogens is 1. The van der Waals surface area contributed by atoms with E-state index in [1.807, 2.05) is 11.4 Å². The van der Waals surface area contributed by atoms with Crippen molar-refractivity contribution < 1.29 is 4.74 Å². The monoisotopic (exact) mass is 324 g/mol. The smallest absolute Gasteiger partial charge is 0.263 e. The first kappa shape index (κ1) is 14.9. The lowest BCUT2D eigenvalue weighted by Crippen LogP contribution is -2.42. The van der Waals surface area contributed by atoms with Gasteiger partial charge in [0.05, 0.1) is 11.0 Å². The van der Waals surface area contributed by atoms with Gasteiger partial charge in [0.2, 0.25) is 0 Å². The number of aromatic amines is 1. The molecule has 1 fully saturated rings. The third-order valence-corrected chi connectivity index (χ3v) is 5.80. The van der Waals surface area contributed by atoms with E-state index in [4.69, 9.17) is 17.0 Å². The van der Waals surface area contributed by atoms with Crippen LogP contribution in [0.15, 0.2) is 16.2 Å². The van der Waals surface area contributed by atoms with Crippen LogP contribution in [0, 0.1) is 4.77 Å². The molecule has 4 nitrogen and oxygen atoms in total. The molecule has 0 aliphatic carbocycles. The van der Waals surface area contributed by atoms with E-state index in [9.17, 15) is 4.79 Å². The van der Waals surface area contributed by atoms with Gasteiger partial charge in [-0.3, -0.25) is 9.36 Å². The van der Waals surface area contributed by atoms with Gasteiger partial charge in [-0.1, -0.05) is 13.8 Å². The Morgan fingerprint density at radius 1 is 1.52 bits per heavy atom. The van der Waals surface area contributed by atoms with Crippen molar-refractivity contribution in [2.45, 2.75) is 51.2 Å². The third-order valence-electron chi connectivity index (χ3n) is 4.67. The van der Waals surface area contributed by atoms with Gasteiger partial charge >= 0.3 is 0 Å². The van der Waals surface area contributed by atoms with Crippen LogP contribution in [0.3, 0.4) is 0 Å². The lowest BCUT2D eigenvalue weighted by atomic mass is 9.86. The number of rotatable bonds is 3. The van der Waals surface area contributed by atoms with E-state index in [2.05, 4.69) is 18.8 Å². The molecular weight excluding hydrogens is 304 g/mol. The Labute approximate surface area is 132 Å². The van der Waals surface area contributed by atoms with Crippen LogP contribution in [-0.2, 0) is 4.74 Å². The maximum atomic E-state index is 12.7. The van der Waals surface area contributed by atoms with E-state index in [0.717, 1.165) is 35.9 Å². The van der Waals surface area contributed by atoms with E-state index in [0.29, 0.717) is 11.4 Å². The first-order valence-electron chi connectivity index (χ1n) is 7.46. The molecule has 0 spiro atoms. The summed E-state index contributed by atoms with van der Waals surface area (Å²) < 4.78 is 8.31. The normalized spacial score (nSPS) is 21.7. The fourth-order valence-electron chi connectivity index (χ4n) is 3.25. The summed E-state index contributed by atoms with van der Waals surface area (Å²) >= 11 is 6.95. The van der Waals surface area contributed by atoms with E-state index in [1.54, 1.807) is 4.57 Å². The van der Waals surface area contributed by atoms with E-state index in [-0.39, 0.29) is 17.2 Å². The fourth-order valence-corrected chi connectivity index (χ4v) is 4.43. The molecule has 1 aliphatic rings. The first-order chi connectivity index (χ1) is 10.1. The van der Waals surface area contributed by atoms with Crippen LogP contribution < -0.4 is 5.56 Å². The van der Waals surface area contributed by atoms with Crippen molar-refractivity contribution in [1.82, 2.24) is 9.55 Å². The van der Waals surface area contributed by atoms with Crippen LogP contribution in [0.25, 0.3) is 10.2 Å². The predicted octanol–water partition coefficient (Wildman–Crippen LogP) is 4.03. The number of nitrogens with zero attached hydrogens (tertiary/aromatic N) is 1. The van der Waals surface area contributed by atoms with E-state index in [1.165, 1.54) is 11.3 Å². The molecule has 0 bridgehead atoms. The van der Waals surface area contributed by atoms with Gasteiger partial charge in [-0.2, -0.15) is 0 Å². The van der Waals surface area contributed by atoms with Crippen LogP contribution in [-0.4, -0.2) is 21.8 Å². The molecule has 0 radical (unpaired) electrons. The van der Waals surface area contributed by atoms with E-state index < -0.39 is 0 Å². The average Bonchev–Trinajstić information content (AvgIpc) is 2.96. The average molecular weight is 324 g/mol. The molecule has 1 aliphatic heterocycles. The molecule has 0 aromatic carbocycles. The molecule has 114 valence electrons. The van der Waals surface area contributed by atoms with Crippen molar-refractivity contribution in [3.8, 4) is 0 Å². The number of hydrogen-bond donors (Lipinski definition) is 1. The molecule has 3 heterocycles. The summed E-state index contributed by atoms with van der Waals surface area (Å²) in [7, 11) is 0. The Kier molecular flexibility index (Phi) is 4.03. The second kappa shape index (κ2) is 5.66. The first-order valence-corrected chi connectivity index (χ1v) is 8.75. The van der Waals surface area contributed by atoms with Gasteiger partial charge in [0.25, 0.3) is 5.56 Å². The Bertz CT molecular complexity index is 755. The molecule has 6 heteroatoms. The van der Waals surface area contributed by atoms with E-state index >= 15 is 0 Å². The van der Waals surface area contributed by atoms with Crippen LogP contribution in [0.2, 0.25) is 0 Å². The molecule has 2 aromatic heterocycles. The number of nitrogens with one attached hydrogen (secondary N) is 1. The number of fused-ring (bicyclic) bond motifs is 1. The molecule has 1 unspecified atom stereocenters. The molecule has 0 saturated carbocycles. The molecule has 1 N–H and O–H groups in total. The molecule has 1 saturated heterocycles. The Hall–Kier alpha value is -0.980. The summed E-state index contributed by atoms with van der Waals surface area (Å²) in [5.74, 6) is 0. The molecule has 1 atom stereocenters. The van der Waals surface area contributed by atoms with Gasteiger partial charge < -0.3 is 9.72 Å². The zero-order valence-corrected chi connectivity index (χ0v) is 14.0. The van der Waals surface area contributed by atoms with Gasteiger partial charge in [-0.15, -0.1) is 11.3 Å². The largest absolute Gasteiger partial charge is 0.375 e. The summed E-state index contributed by atoms with van der Waals surface area (Å²) in [5, 5.41) is 2.66. The van der Waals surface area contributed by atoms with Crippen molar-refractivity contribution in [1.29, 1.82) is 0 Å². The summed E-state index contributed by atoms with van der Waals surface area (Å²) in [6.07, 6.45) is 3.62. The molecular formula is C15H20N2O2S2. The minimum Gasteiger partial charge on any atom is -0.375 e. The van der Waals surface area contributed by atoms with Gasteiger partial charge in [0.1, 0.15) is 4.83 Å². The maximum absolute atomic E-state index is 12.7. The van der Waals surface area contributed by atoms with Crippen molar-refractivity contribution in [2.75, 3.05) is 6.61 Å². The summed E-state index contributed by atoms with van der Waals surface area (Å²) in [6, 6.07) is 2.00. The third kappa shape index (κ3) is 2.49. The topological polar surface area (TPSA) is 47.0 Å². The SMILES string of the molecule is CCC1(CC)CC(n2c(=S)[nH]c3sccc3c2=O)CCO1. The van der Waals surface area contributed by atoms with Gasteiger partial charge in [0.15, 0.2) is 4.77 Å². The Balaban J connectivity index is 2.08. The summed E-state index contributed by atoms with van der Waals surface area (Å²) in [4.78, 5) is 16.8. The summed E-state index contributed by atoms with van der Waals surface area (Å²) in [5.41, 5.74) is -0.0868. The number of hydrogen-bond acceptors (Lipinski definition) is 4. The zero-order chi connectivity index (χ0) is 15.0. The second-order valence-electron chi connectivity index (χ2n) is 5.65. The molecule has 21 heavy (non-hydrogen) atoms. The highest BCUT2D eigenvalue weighted by molar-refractivity contribution is 7.71. The van der Waals surface area contributed by atoms with Crippen molar-refractivity contribution in [3.63, 3.8) is 0 Å². The minimum absolute atomic E-state index is 0.0306. The highest BCUT2D eigenvalue weighted by atomic mass is 32.1. The number of thiophene rings is 1. The summed E-state index contributed by atoms with van der Waals surface area (Å²) in [6.45, 7) is 4.99. The maximum Gasteiger partial charge on any atom is 0.263 e. The highest BCUT2D eigenvalue weighted by Crippen LogP contribution is 2.36. The fraction of sp³-hybridized carbons (Fsp3) is 0.600. The molecule has 0 amide bonds. The lowest BCUT2D eigenvalue weighted by Gasteiger charge is -2.40. The van der Waals surface area contributed by atoms with Gasteiger partial charge in [0, 0.05) is 12.6 Å². The second-order valence-corrected chi connectivity index (χ2v) is 6.96. The quantitative estimate of drug-likeness (QED) is 0.867. The number of aromatic nitrogens is 2. The predicted molar refractivity (Wildman–Crippen MR) is 88.8 cm³/mol. The van der Waals surface area contributed by atoms with Gasteiger partial charge in [-0.25, -0.2) is 0 Å². The minimum atomic E-state index is -0.117. The standard InChI is InChI=1S/C15H20N2O2S2/c1-3-15(4-2)9-10(5-7-19-15)17-13(18)11-6-8-21-12(11)16-14(17)20/h6,8,10H,3-5,7,9H2,1-2H3,(H,16,20). The Morgan fingerprint density at radius 2 is 2.29 bits per heavy atom. The van der Waals surface area contributed by atoms with Crippen LogP contribution >= 0.6 is 23.6 Å². The van der Waals surface area contributed by atoms with Gasteiger partial charge in [-0.05, 0) is 49.3 Å². The number of ether oxygens (including phenoxy) is 1. The van der Waals surface area contributed by atoms with Crippen molar-refractivity contribution >= 4 is 33.8 Å². The highest BCUT2D eigenvalue weighted by Gasteiger charge is 2.36. The lowest BCUT2D eigenvalue weighted by molar-refractivity contribution is -0.0993. The van der Waals surface area contributed by atoms with Crippen LogP contribution in [0.1, 0.15) is 45.6 Å². The molecule has 2 aromatic rings.